The van der Waals surface area contributed by atoms with Gasteiger partial charge in [-0.2, -0.15) is 0 Å². The van der Waals surface area contributed by atoms with E-state index in [4.69, 9.17) is 4.74 Å². The lowest BCUT2D eigenvalue weighted by Crippen LogP contribution is -2.38. The van der Waals surface area contributed by atoms with E-state index in [0.29, 0.717) is 55.6 Å². The van der Waals surface area contributed by atoms with E-state index in [9.17, 15) is 23.5 Å². The Bertz CT molecular complexity index is 1520. The number of carbonyl (C=O) groups is 1. The van der Waals surface area contributed by atoms with Gasteiger partial charge >= 0.3 is 5.97 Å². The number of ether oxygens (including phenoxy) is 1. The molecule has 9 heteroatoms. The molecule has 0 radical (unpaired) electrons. The molecule has 0 atom stereocenters. The molecule has 1 N–H and O–H groups in total. The fraction of sp³-hybridized carbons (Fsp3) is 0.438. The number of pyridine rings is 1. The third-order valence-electron chi connectivity index (χ3n) is 8.05. The smallest absolute Gasteiger partial charge is 0.336 e. The number of aromatic nitrogens is 1. The van der Waals surface area contributed by atoms with Crippen molar-refractivity contribution in [3.05, 3.63) is 86.6 Å². The Kier molecular flexibility index (Phi) is 8.27. The van der Waals surface area contributed by atoms with E-state index >= 15 is 4.39 Å². The van der Waals surface area contributed by atoms with Gasteiger partial charge in [-0.25, -0.2) is 18.0 Å². The SMILES string of the molecule is CCc1c(C(=O)O)ccn(C2CCN(Cc3cc(C4CC4)c(-c4ccc(F)cc4F)c(F)c3OC(C)C)CC2)c1=O. The van der Waals surface area contributed by atoms with Crippen LogP contribution in [0.25, 0.3) is 11.1 Å². The number of carboxylic acids is 1. The zero-order valence-corrected chi connectivity index (χ0v) is 23.6. The molecule has 3 aromatic rings. The van der Waals surface area contributed by atoms with Gasteiger partial charge in [-0.3, -0.25) is 9.69 Å². The quantitative estimate of drug-likeness (QED) is 0.311. The number of hydrogen-bond acceptors (Lipinski definition) is 4. The predicted molar refractivity (Wildman–Crippen MR) is 150 cm³/mol. The Morgan fingerprint density at radius 3 is 2.37 bits per heavy atom. The maximum atomic E-state index is 16.3. The third-order valence-corrected chi connectivity index (χ3v) is 8.05. The summed E-state index contributed by atoms with van der Waals surface area (Å²) in [7, 11) is 0. The van der Waals surface area contributed by atoms with Crippen LogP contribution in [0, 0.1) is 17.5 Å². The number of rotatable bonds is 9. The Labute approximate surface area is 237 Å². The molecular formula is C32H35F3N2O4. The number of benzene rings is 2. The van der Waals surface area contributed by atoms with Gasteiger partial charge in [0.05, 0.1) is 11.7 Å². The molecular weight excluding hydrogens is 533 g/mol. The van der Waals surface area contributed by atoms with E-state index in [1.54, 1.807) is 31.5 Å². The molecule has 2 fully saturated rings. The second-order valence-corrected chi connectivity index (χ2v) is 11.3. The normalized spacial score (nSPS) is 16.4. The van der Waals surface area contributed by atoms with Crippen molar-refractivity contribution < 1.29 is 27.8 Å². The van der Waals surface area contributed by atoms with Crippen LogP contribution in [0.4, 0.5) is 13.2 Å². The van der Waals surface area contributed by atoms with Gasteiger partial charge < -0.3 is 14.4 Å². The van der Waals surface area contributed by atoms with Crippen molar-refractivity contribution in [2.75, 3.05) is 13.1 Å². The first-order valence-electron chi connectivity index (χ1n) is 14.3. The summed E-state index contributed by atoms with van der Waals surface area (Å²) in [4.78, 5) is 26.8. The summed E-state index contributed by atoms with van der Waals surface area (Å²) in [5.74, 6) is -3.08. The van der Waals surface area contributed by atoms with Gasteiger partial charge in [-0.1, -0.05) is 6.92 Å². The van der Waals surface area contributed by atoms with Crippen molar-refractivity contribution in [1.29, 1.82) is 0 Å². The van der Waals surface area contributed by atoms with Gasteiger partial charge in [0.1, 0.15) is 11.6 Å². The maximum absolute atomic E-state index is 16.3. The van der Waals surface area contributed by atoms with E-state index in [1.807, 2.05) is 6.07 Å². The largest absolute Gasteiger partial charge is 0.488 e. The van der Waals surface area contributed by atoms with E-state index in [1.165, 1.54) is 12.1 Å². The molecule has 5 rings (SSSR count). The van der Waals surface area contributed by atoms with Crippen LogP contribution in [0.1, 0.15) is 85.5 Å². The summed E-state index contributed by atoms with van der Waals surface area (Å²) in [6.45, 7) is 7.10. The lowest BCUT2D eigenvalue weighted by molar-refractivity contribution is 0.0695. The highest BCUT2D eigenvalue weighted by atomic mass is 19.1. The van der Waals surface area contributed by atoms with E-state index in [2.05, 4.69) is 4.90 Å². The third kappa shape index (κ3) is 5.91. The van der Waals surface area contributed by atoms with Crippen LogP contribution in [0.15, 0.2) is 41.3 Å². The van der Waals surface area contributed by atoms with Crippen LogP contribution in [-0.2, 0) is 13.0 Å². The minimum absolute atomic E-state index is 0.0255. The Morgan fingerprint density at radius 1 is 1.07 bits per heavy atom. The lowest BCUT2D eigenvalue weighted by Gasteiger charge is -2.34. The summed E-state index contributed by atoms with van der Waals surface area (Å²) < 4.78 is 52.4. The highest BCUT2D eigenvalue weighted by Crippen LogP contribution is 2.49. The topological polar surface area (TPSA) is 71.8 Å². The number of carboxylic acid groups (broad SMARTS) is 1. The fourth-order valence-electron chi connectivity index (χ4n) is 5.89. The summed E-state index contributed by atoms with van der Waals surface area (Å²) in [6.07, 6.45) is 4.69. The van der Waals surface area contributed by atoms with Crippen molar-refractivity contribution >= 4 is 5.97 Å². The van der Waals surface area contributed by atoms with Gasteiger partial charge in [-0.15, -0.1) is 0 Å². The molecule has 41 heavy (non-hydrogen) atoms. The molecule has 1 aliphatic carbocycles. The van der Waals surface area contributed by atoms with Crippen LogP contribution >= 0.6 is 0 Å². The average molecular weight is 569 g/mol. The second-order valence-electron chi connectivity index (χ2n) is 11.3. The van der Waals surface area contributed by atoms with Gasteiger partial charge in [0.15, 0.2) is 11.6 Å². The van der Waals surface area contributed by atoms with Crippen molar-refractivity contribution in [3.63, 3.8) is 0 Å². The molecule has 2 heterocycles. The first-order chi connectivity index (χ1) is 19.6. The average Bonchev–Trinajstić information content (AvgIpc) is 3.77. The number of hydrogen-bond donors (Lipinski definition) is 1. The molecule has 2 aliphatic rings. The Balaban J connectivity index is 1.43. The molecule has 1 aliphatic heterocycles. The van der Waals surface area contributed by atoms with Gasteiger partial charge in [0, 0.05) is 60.2 Å². The Morgan fingerprint density at radius 2 is 1.78 bits per heavy atom. The van der Waals surface area contributed by atoms with Crippen LogP contribution in [0.2, 0.25) is 0 Å². The van der Waals surface area contributed by atoms with E-state index in [0.717, 1.165) is 25.0 Å². The summed E-state index contributed by atoms with van der Waals surface area (Å²) in [6, 6.07) is 6.55. The van der Waals surface area contributed by atoms with Crippen molar-refractivity contribution in [2.45, 2.75) is 77.5 Å². The zero-order valence-electron chi connectivity index (χ0n) is 23.6. The molecule has 2 aromatic carbocycles. The Hall–Kier alpha value is -3.59. The first-order valence-corrected chi connectivity index (χ1v) is 14.3. The lowest BCUT2D eigenvalue weighted by atomic mass is 9.92. The zero-order chi connectivity index (χ0) is 29.4. The molecule has 0 unspecified atom stereocenters. The van der Waals surface area contributed by atoms with Crippen LogP contribution in [-0.4, -0.2) is 39.7 Å². The number of nitrogens with zero attached hydrogens (tertiary/aromatic N) is 2. The summed E-state index contributed by atoms with van der Waals surface area (Å²) >= 11 is 0. The van der Waals surface area contributed by atoms with Crippen LogP contribution in [0.3, 0.4) is 0 Å². The first kappa shape index (κ1) is 28.9. The molecule has 1 saturated carbocycles. The molecule has 0 spiro atoms. The molecule has 0 bridgehead atoms. The van der Waals surface area contributed by atoms with Gasteiger partial charge in [0.25, 0.3) is 5.56 Å². The summed E-state index contributed by atoms with van der Waals surface area (Å²) in [5.41, 5.74) is 1.64. The number of halogens is 3. The number of likely N-dealkylation sites (tertiary alicyclic amines) is 1. The number of aromatic carboxylic acids is 1. The van der Waals surface area contributed by atoms with Crippen molar-refractivity contribution in [1.82, 2.24) is 9.47 Å². The molecule has 6 nitrogen and oxygen atoms in total. The van der Waals surface area contributed by atoms with Gasteiger partial charge in [0.2, 0.25) is 0 Å². The minimum atomic E-state index is -1.11. The minimum Gasteiger partial charge on any atom is -0.488 e. The molecule has 218 valence electrons. The monoisotopic (exact) mass is 568 g/mol. The van der Waals surface area contributed by atoms with Crippen LogP contribution in [0.5, 0.6) is 5.75 Å². The number of piperidine rings is 1. The predicted octanol–water partition coefficient (Wildman–Crippen LogP) is 6.69. The van der Waals surface area contributed by atoms with Crippen LogP contribution < -0.4 is 10.3 Å². The molecule has 0 amide bonds. The summed E-state index contributed by atoms with van der Waals surface area (Å²) in [5, 5.41) is 9.43. The second kappa shape index (κ2) is 11.7. The van der Waals surface area contributed by atoms with Crippen molar-refractivity contribution in [2.24, 2.45) is 0 Å². The van der Waals surface area contributed by atoms with Gasteiger partial charge in [-0.05, 0) is 81.7 Å². The fourth-order valence-corrected chi connectivity index (χ4v) is 5.89. The highest BCUT2D eigenvalue weighted by Gasteiger charge is 2.33. The van der Waals surface area contributed by atoms with E-state index in [-0.39, 0.29) is 46.1 Å². The standard InChI is InChI=1S/C32H35F3N2O4/c1-4-23-24(32(39)40)11-14-37(31(23)38)22-9-12-36(13-10-22)17-20-15-26(19-5-6-19)28(29(35)30(20)41-18(2)3)25-8-7-21(33)16-27(25)34/h7-8,11,14-16,18-19,22H,4-6,9-10,12-13,17H2,1-3H3,(H,39,40). The molecule has 1 aromatic heterocycles. The molecule has 1 saturated heterocycles. The van der Waals surface area contributed by atoms with Crippen molar-refractivity contribution in [3.8, 4) is 16.9 Å². The highest BCUT2D eigenvalue weighted by molar-refractivity contribution is 5.89. The maximum Gasteiger partial charge on any atom is 0.336 e. The van der Waals surface area contributed by atoms with E-state index < -0.39 is 23.4 Å².